The molecule has 0 amide bonds. The number of benzene rings is 1. The maximum Gasteiger partial charge on any atom is -0.0273 e. The van der Waals surface area contributed by atoms with Crippen LogP contribution in [0.15, 0.2) is 94.7 Å². The Kier molecular flexibility index (Phi) is 23.9. The third kappa shape index (κ3) is 17.7. The van der Waals surface area contributed by atoms with E-state index in [-0.39, 0.29) is 0 Å². The fourth-order valence-corrected chi connectivity index (χ4v) is 3.87. The second-order valence-electron chi connectivity index (χ2n) is 9.64. The first-order chi connectivity index (χ1) is 17.8. The van der Waals surface area contributed by atoms with Gasteiger partial charge in [-0.3, -0.25) is 0 Å². The van der Waals surface area contributed by atoms with E-state index in [4.69, 9.17) is 0 Å². The maximum atomic E-state index is 3.83. The summed E-state index contributed by atoms with van der Waals surface area (Å²) in [5.41, 5.74) is 11.4. The lowest BCUT2D eigenvalue weighted by atomic mass is 9.94. The summed E-state index contributed by atoms with van der Waals surface area (Å²) in [5.74, 6) is 0. The summed E-state index contributed by atoms with van der Waals surface area (Å²) in [6.45, 7) is 27.3. The molecule has 1 aliphatic carbocycles. The van der Waals surface area contributed by atoms with Gasteiger partial charge in [0.2, 0.25) is 0 Å². The van der Waals surface area contributed by atoms with Gasteiger partial charge in [0.05, 0.1) is 0 Å². The van der Waals surface area contributed by atoms with E-state index in [2.05, 4.69) is 117 Å². The molecule has 208 valence electrons. The molecule has 1 aliphatic rings. The first-order valence-corrected chi connectivity index (χ1v) is 14.8. The number of hydrogen-bond donors (Lipinski definition) is 0. The van der Waals surface area contributed by atoms with E-state index in [1.807, 2.05) is 19.9 Å². The molecule has 0 N–H and O–H groups in total. The van der Waals surface area contributed by atoms with Crippen LogP contribution in [0, 0.1) is 6.92 Å². The molecule has 0 heterocycles. The molecule has 1 aromatic rings. The smallest absolute Gasteiger partial charge is 0.0273 e. The van der Waals surface area contributed by atoms with Gasteiger partial charge in [-0.1, -0.05) is 143 Å². The van der Waals surface area contributed by atoms with Crippen LogP contribution < -0.4 is 0 Å². The molecule has 37 heavy (non-hydrogen) atoms. The second kappa shape index (κ2) is 24.0. The number of allylic oxidation sites excluding steroid dienone is 11. The summed E-state index contributed by atoms with van der Waals surface area (Å²) >= 11 is 0. The van der Waals surface area contributed by atoms with Crippen molar-refractivity contribution >= 4 is 0 Å². The van der Waals surface area contributed by atoms with Crippen LogP contribution in [0.25, 0.3) is 0 Å². The topological polar surface area (TPSA) is 0 Å². The van der Waals surface area contributed by atoms with Gasteiger partial charge in [0.1, 0.15) is 0 Å². The molecule has 0 aromatic heterocycles. The van der Waals surface area contributed by atoms with E-state index < -0.39 is 0 Å². The standard InChI is InChI=1S/C14H22.C11H18.C10H14.C2H6/c1-7-12(6)14(9-3)10-13(8-2)11(4)5;1-3-5-11-8-6-10(4-2)7-9-11;1-3-4-10-7-5-9(2)6-8-10;1-2/h7-8,10H,2,9H2,1,3-6H3;6,8H,3-5,7,9H2,1-2H3;5-8H,3-4H2,1-2H3;1-2H3/b12-7-,14-10+;;;. The van der Waals surface area contributed by atoms with Gasteiger partial charge in [0.15, 0.2) is 0 Å². The summed E-state index contributed by atoms with van der Waals surface area (Å²) in [6.07, 6.45) is 20.9. The van der Waals surface area contributed by atoms with E-state index in [1.165, 1.54) is 78.4 Å². The van der Waals surface area contributed by atoms with Crippen molar-refractivity contribution in [2.75, 3.05) is 0 Å². The highest BCUT2D eigenvalue weighted by Gasteiger charge is 2.03. The second-order valence-corrected chi connectivity index (χ2v) is 9.64. The van der Waals surface area contributed by atoms with E-state index in [9.17, 15) is 0 Å². The lowest BCUT2D eigenvalue weighted by Crippen LogP contribution is -1.92. The van der Waals surface area contributed by atoms with Crippen molar-refractivity contribution in [2.24, 2.45) is 0 Å². The van der Waals surface area contributed by atoms with Crippen molar-refractivity contribution in [3.63, 3.8) is 0 Å². The molecule has 0 nitrogen and oxygen atoms in total. The van der Waals surface area contributed by atoms with Gasteiger partial charge in [-0.05, 0) is 89.9 Å². The molecule has 0 saturated heterocycles. The third-order valence-corrected chi connectivity index (χ3v) is 6.45. The quantitative estimate of drug-likeness (QED) is 0.293. The predicted octanol–water partition coefficient (Wildman–Crippen LogP) is 12.6. The van der Waals surface area contributed by atoms with E-state index >= 15 is 0 Å². The van der Waals surface area contributed by atoms with Crippen molar-refractivity contribution in [1.29, 1.82) is 0 Å². The minimum absolute atomic E-state index is 1.07. The fourth-order valence-electron chi connectivity index (χ4n) is 3.87. The zero-order chi connectivity index (χ0) is 28.6. The minimum Gasteiger partial charge on any atom is -0.0985 e. The highest BCUT2D eigenvalue weighted by molar-refractivity contribution is 5.41. The lowest BCUT2D eigenvalue weighted by Gasteiger charge is -2.12. The minimum atomic E-state index is 1.07. The normalized spacial score (nSPS) is 12.8. The van der Waals surface area contributed by atoms with Crippen LogP contribution >= 0.6 is 0 Å². The van der Waals surface area contributed by atoms with Crippen molar-refractivity contribution in [3.8, 4) is 0 Å². The Labute approximate surface area is 233 Å². The first-order valence-electron chi connectivity index (χ1n) is 14.8. The summed E-state index contributed by atoms with van der Waals surface area (Å²) < 4.78 is 0. The molecule has 0 unspecified atom stereocenters. The Morgan fingerprint density at radius 3 is 1.76 bits per heavy atom. The van der Waals surface area contributed by atoms with Crippen molar-refractivity contribution < 1.29 is 0 Å². The third-order valence-electron chi connectivity index (χ3n) is 6.45. The van der Waals surface area contributed by atoms with Crippen LogP contribution in [0.2, 0.25) is 0 Å². The first kappa shape index (κ1) is 36.8. The molecular formula is C37H60. The van der Waals surface area contributed by atoms with Crippen molar-refractivity contribution in [1.82, 2.24) is 0 Å². The highest BCUT2D eigenvalue weighted by atomic mass is 14.1. The zero-order valence-corrected chi connectivity index (χ0v) is 26.6. The Balaban J connectivity index is 0. The van der Waals surface area contributed by atoms with Gasteiger partial charge in [0, 0.05) is 0 Å². The van der Waals surface area contributed by atoms with Crippen molar-refractivity contribution in [2.45, 2.75) is 128 Å². The molecule has 0 atom stereocenters. The number of hydrogen-bond acceptors (Lipinski definition) is 0. The monoisotopic (exact) mass is 504 g/mol. The SMILES string of the molecule is C=CC(/C=C(CC)/C(C)=C\C)=C(C)C.CC.CCCC1=CC=C(CC)CC1.CCCc1ccc(C)cc1. The molecule has 2 rings (SSSR count). The van der Waals surface area contributed by atoms with Gasteiger partial charge in [-0.2, -0.15) is 0 Å². The Morgan fingerprint density at radius 1 is 0.838 bits per heavy atom. The molecule has 0 aliphatic heterocycles. The number of rotatable bonds is 9. The molecule has 0 radical (unpaired) electrons. The Bertz CT molecular complexity index is 874. The summed E-state index contributed by atoms with van der Waals surface area (Å²) in [4.78, 5) is 0. The van der Waals surface area contributed by atoms with Gasteiger partial charge in [-0.15, -0.1) is 0 Å². The largest absolute Gasteiger partial charge is 0.0985 e. The molecule has 0 spiro atoms. The van der Waals surface area contributed by atoms with Gasteiger partial charge < -0.3 is 0 Å². The molecule has 0 bridgehead atoms. The Hall–Kier alpha value is -2.34. The summed E-state index contributed by atoms with van der Waals surface area (Å²) in [7, 11) is 0. The average Bonchev–Trinajstić information content (AvgIpc) is 2.92. The summed E-state index contributed by atoms with van der Waals surface area (Å²) in [5, 5.41) is 0. The van der Waals surface area contributed by atoms with Crippen LogP contribution in [0.5, 0.6) is 0 Å². The van der Waals surface area contributed by atoms with Gasteiger partial charge in [0.25, 0.3) is 0 Å². The van der Waals surface area contributed by atoms with Crippen LogP contribution in [-0.4, -0.2) is 0 Å². The number of aryl methyl sites for hydroxylation is 2. The van der Waals surface area contributed by atoms with E-state index in [1.54, 1.807) is 11.1 Å². The van der Waals surface area contributed by atoms with Crippen LogP contribution in [0.1, 0.15) is 125 Å². The molecular weight excluding hydrogens is 444 g/mol. The average molecular weight is 505 g/mol. The van der Waals surface area contributed by atoms with Crippen LogP contribution in [-0.2, 0) is 6.42 Å². The van der Waals surface area contributed by atoms with E-state index in [0.29, 0.717) is 0 Å². The highest BCUT2D eigenvalue weighted by Crippen LogP contribution is 2.23. The van der Waals surface area contributed by atoms with Crippen LogP contribution in [0.3, 0.4) is 0 Å². The molecule has 0 fully saturated rings. The molecule has 0 heteroatoms. The van der Waals surface area contributed by atoms with Gasteiger partial charge >= 0.3 is 0 Å². The molecule has 0 saturated carbocycles. The predicted molar refractivity (Wildman–Crippen MR) is 173 cm³/mol. The molecule has 1 aromatic carbocycles. The van der Waals surface area contributed by atoms with E-state index in [0.717, 1.165) is 6.42 Å². The maximum absolute atomic E-state index is 3.83. The zero-order valence-electron chi connectivity index (χ0n) is 26.6. The van der Waals surface area contributed by atoms with Gasteiger partial charge in [-0.25, -0.2) is 0 Å². The lowest BCUT2D eigenvalue weighted by molar-refractivity contribution is 0.784. The van der Waals surface area contributed by atoms with Crippen molar-refractivity contribution in [3.05, 3.63) is 106 Å². The van der Waals surface area contributed by atoms with Crippen LogP contribution in [0.4, 0.5) is 0 Å². The summed E-state index contributed by atoms with van der Waals surface area (Å²) in [6, 6.07) is 8.76. The fraction of sp³-hybridized carbons (Fsp3) is 0.514. The Morgan fingerprint density at radius 2 is 1.38 bits per heavy atom.